The first-order valence-corrected chi connectivity index (χ1v) is 13.3. The highest BCUT2D eigenvalue weighted by atomic mass is 16.6. The number of allylic oxidation sites excluding steroid dienone is 2. The van der Waals surface area contributed by atoms with Gasteiger partial charge in [0.05, 0.1) is 16.8 Å². The summed E-state index contributed by atoms with van der Waals surface area (Å²) in [5, 5.41) is 11.3. The first kappa shape index (κ1) is 27.2. The third-order valence-corrected chi connectivity index (χ3v) is 6.92. The first-order chi connectivity index (χ1) is 18.7. The number of para-hydroxylation sites is 2. The minimum atomic E-state index is -1.73. The summed E-state index contributed by atoms with van der Waals surface area (Å²) in [6.45, 7) is 10.9. The molecule has 2 N–H and O–H groups in total. The predicted octanol–water partition coefficient (Wildman–Crippen LogP) is 5.32. The van der Waals surface area contributed by atoms with Crippen molar-refractivity contribution in [2.45, 2.75) is 64.7 Å². The first-order valence-electron chi connectivity index (χ1n) is 13.3. The van der Waals surface area contributed by atoms with Gasteiger partial charge in [-0.2, -0.15) is 0 Å². The smallest absolute Gasteiger partial charge is 0.343 e. The number of nitrogens with one attached hydrogen (secondary N) is 1. The van der Waals surface area contributed by atoms with Crippen molar-refractivity contribution < 1.29 is 29.0 Å². The van der Waals surface area contributed by atoms with Gasteiger partial charge in [0.2, 0.25) is 5.54 Å². The van der Waals surface area contributed by atoms with E-state index in [0.29, 0.717) is 18.7 Å². The molecule has 0 bridgehead atoms. The Labute approximate surface area is 233 Å². The van der Waals surface area contributed by atoms with Crippen molar-refractivity contribution in [2.24, 2.45) is 0 Å². The van der Waals surface area contributed by atoms with Crippen molar-refractivity contribution in [2.75, 3.05) is 6.54 Å². The number of ether oxygens (including phenoxy) is 2. The van der Waals surface area contributed by atoms with Crippen LogP contribution in [0.2, 0.25) is 0 Å². The number of aromatic nitrogens is 1. The number of phenols is 1. The van der Waals surface area contributed by atoms with Gasteiger partial charge in [-0.25, -0.2) is 9.59 Å². The van der Waals surface area contributed by atoms with Crippen LogP contribution in [0.3, 0.4) is 0 Å². The van der Waals surface area contributed by atoms with Crippen LogP contribution in [0.25, 0.3) is 10.9 Å². The number of esters is 2. The zero-order valence-corrected chi connectivity index (χ0v) is 23.6. The maximum atomic E-state index is 14.4. The van der Waals surface area contributed by atoms with Crippen molar-refractivity contribution in [1.82, 2.24) is 9.88 Å². The van der Waals surface area contributed by atoms with Crippen molar-refractivity contribution in [3.05, 3.63) is 88.8 Å². The molecule has 2 aliphatic rings. The Hall–Kier alpha value is -4.33. The summed E-state index contributed by atoms with van der Waals surface area (Å²) in [5.74, 6) is -2.07. The lowest BCUT2D eigenvalue weighted by atomic mass is 9.75. The topological polar surface area (TPSA) is 109 Å². The Morgan fingerprint density at radius 3 is 2.25 bits per heavy atom. The van der Waals surface area contributed by atoms with Gasteiger partial charge in [0, 0.05) is 29.2 Å². The molecule has 3 heterocycles. The molecule has 0 saturated carbocycles. The molecule has 1 atom stereocenters. The third kappa shape index (κ3) is 4.57. The molecular weight excluding hydrogens is 508 g/mol. The van der Waals surface area contributed by atoms with Crippen LogP contribution >= 0.6 is 0 Å². The van der Waals surface area contributed by atoms with Crippen LogP contribution in [0.4, 0.5) is 0 Å². The second-order valence-corrected chi connectivity index (χ2v) is 12.2. The molecule has 1 aromatic heterocycles. The summed E-state index contributed by atoms with van der Waals surface area (Å²) in [4.78, 5) is 47.2. The number of carbonyl (C=O) groups excluding carboxylic acids is 3. The number of benzene rings is 2. The van der Waals surface area contributed by atoms with E-state index in [-0.39, 0.29) is 22.5 Å². The van der Waals surface area contributed by atoms with Gasteiger partial charge in [0.15, 0.2) is 5.78 Å². The quantitative estimate of drug-likeness (QED) is 0.339. The number of carbonyl (C=O) groups is 3. The average Bonchev–Trinajstić information content (AvgIpc) is 3.25. The number of aromatic amines is 1. The molecule has 8 heteroatoms. The summed E-state index contributed by atoms with van der Waals surface area (Å²) in [6, 6.07) is 13.9. The maximum Gasteiger partial charge on any atom is 0.343 e. The van der Waals surface area contributed by atoms with Gasteiger partial charge in [0.1, 0.15) is 17.0 Å². The normalized spacial score (nSPS) is 18.8. The molecule has 5 rings (SSSR count). The van der Waals surface area contributed by atoms with Crippen molar-refractivity contribution in [3.8, 4) is 5.75 Å². The van der Waals surface area contributed by atoms with Crippen molar-refractivity contribution >= 4 is 28.6 Å². The monoisotopic (exact) mass is 542 g/mol. The van der Waals surface area contributed by atoms with Gasteiger partial charge in [-0.1, -0.05) is 30.3 Å². The van der Waals surface area contributed by atoms with Gasteiger partial charge in [-0.3, -0.25) is 4.79 Å². The van der Waals surface area contributed by atoms with Crippen LogP contribution in [-0.4, -0.2) is 50.5 Å². The van der Waals surface area contributed by atoms with E-state index in [4.69, 9.17) is 9.47 Å². The minimum Gasteiger partial charge on any atom is -0.507 e. The molecule has 0 saturated heterocycles. The SMILES string of the molecule is CC(C)(C)OC(=O)C1=CC(C(=O)c2ccccc2O)=CN2CCc3c([nH]c4ccccc34)C12C(=O)OC(C)(C)C. The van der Waals surface area contributed by atoms with Crippen LogP contribution in [0.1, 0.15) is 63.2 Å². The Morgan fingerprint density at radius 1 is 0.925 bits per heavy atom. The van der Waals surface area contributed by atoms with E-state index in [1.165, 1.54) is 18.2 Å². The standard InChI is InChI=1S/C32H34N2O6/c1-30(2,3)39-28(37)23-17-19(26(36)22-12-8-10-14-25(22)35)18-34-16-15-21-20-11-7-9-13-24(20)33-27(21)32(23,34)29(38)40-31(4,5)6/h7-14,17-18,33,35H,15-16H2,1-6H3. The number of phenolic OH excluding ortho intramolecular Hbond substituents is 1. The molecule has 40 heavy (non-hydrogen) atoms. The molecule has 0 aliphatic carbocycles. The number of ketones is 1. The van der Waals surface area contributed by atoms with Gasteiger partial charge < -0.3 is 24.5 Å². The van der Waals surface area contributed by atoms with Gasteiger partial charge >= 0.3 is 11.9 Å². The highest BCUT2D eigenvalue weighted by Crippen LogP contribution is 2.48. The van der Waals surface area contributed by atoms with Crippen LogP contribution in [0, 0.1) is 0 Å². The lowest BCUT2D eigenvalue weighted by Gasteiger charge is -2.48. The number of hydrogen-bond donors (Lipinski definition) is 2. The summed E-state index contributed by atoms with van der Waals surface area (Å²) in [5.41, 5.74) is -1.05. The van der Waals surface area contributed by atoms with Gasteiger partial charge in [-0.15, -0.1) is 0 Å². The second-order valence-electron chi connectivity index (χ2n) is 12.2. The summed E-state index contributed by atoms with van der Waals surface area (Å²) < 4.78 is 11.8. The van der Waals surface area contributed by atoms with Gasteiger partial charge in [-0.05, 0) is 77.8 Å². The molecule has 0 amide bonds. The minimum absolute atomic E-state index is 0.0366. The molecule has 0 radical (unpaired) electrons. The fraction of sp³-hybridized carbons (Fsp3) is 0.344. The molecule has 0 fully saturated rings. The molecule has 2 aromatic carbocycles. The number of H-pyrrole nitrogens is 1. The third-order valence-electron chi connectivity index (χ3n) is 6.92. The zero-order chi connectivity index (χ0) is 29.0. The molecule has 1 unspecified atom stereocenters. The summed E-state index contributed by atoms with van der Waals surface area (Å²) >= 11 is 0. The van der Waals surface area contributed by atoms with Crippen LogP contribution in [0.5, 0.6) is 5.75 Å². The molecule has 2 aliphatic heterocycles. The van der Waals surface area contributed by atoms with Crippen molar-refractivity contribution in [1.29, 1.82) is 0 Å². The average molecular weight is 543 g/mol. The highest BCUT2D eigenvalue weighted by Gasteiger charge is 2.59. The number of nitrogens with zero attached hydrogens (tertiary/aromatic N) is 1. The van der Waals surface area contributed by atoms with E-state index >= 15 is 0 Å². The number of hydrogen-bond acceptors (Lipinski definition) is 7. The van der Waals surface area contributed by atoms with E-state index < -0.39 is 34.5 Å². The number of fused-ring (bicyclic) bond motifs is 5. The fourth-order valence-electron chi connectivity index (χ4n) is 5.39. The van der Waals surface area contributed by atoms with E-state index in [0.717, 1.165) is 16.5 Å². The lowest BCUT2D eigenvalue weighted by Crippen LogP contribution is -2.59. The Balaban J connectivity index is 1.79. The van der Waals surface area contributed by atoms with Gasteiger partial charge in [0.25, 0.3) is 0 Å². The van der Waals surface area contributed by atoms with E-state index in [1.807, 2.05) is 24.3 Å². The number of rotatable bonds is 4. The number of aromatic hydroxyl groups is 1. The maximum absolute atomic E-state index is 14.4. The summed E-state index contributed by atoms with van der Waals surface area (Å²) in [7, 11) is 0. The summed E-state index contributed by atoms with van der Waals surface area (Å²) in [6.07, 6.45) is 3.55. The van der Waals surface area contributed by atoms with E-state index in [1.54, 1.807) is 64.8 Å². The molecule has 208 valence electrons. The van der Waals surface area contributed by atoms with Crippen LogP contribution in [-0.2, 0) is 31.0 Å². The molecule has 3 aromatic rings. The lowest BCUT2D eigenvalue weighted by molar-refractivity contribution is -0.171. The number of Topliss-reactive ketones (excluding diaryl/α,β-unsaturated/α-hetero) is 1. The molecule has 8 nitrogen and oxygen atoms in total. The predicted molar refractivity (Wildman–Crippen MR) is 151 cm³/mol. The molecular formula is C32H34N2O6. The van der Waals surface area contributed by atoms with E-state index in [2.05, 4.69) is 4.98 Å². The van der Waals surface area contributed by atoms with E-state index in [9.17, 15) is 19.5 Å². The van der Waals surface area contributed by atoms with Crippen LogP contribution < -0.4 is 0 Å². The highest BCUT2D eigenvalue weighted by molar-refractivity contribution is 6.15. The Morgan fingerprint density at radius 2 is 1.57 bits per heavy atom. The zero-order valence-electron chi connectivity index (χ0n) is 23.6. The second kappa shape index (κ2) is 9.40. The fourth-order valence-corrected chi connectivity index (χ4v) is 5.39. The van der Waals surface area contributed by atoms with Crippen LogP contribution in [0.15, 0.2) is 72.0 Å². The Kier molecular flexibility index (Phi) is 6.40. The largest absolute Gasteiger partial charge is 0.507 e. The Bertz CT molecular complexity index is 1600. The van der Waals surface area contributed by atoms with Crippen molar-refractivity contribution in [3.63, 3.8) is 0 Å². The molecule has 0 spiro atoms.